The highest BCUT2D eigenvalue weighted by Crippen LogP contribution is 2.12. The molecule has 1 N–H and O–H groups in total. The predicted octanol–water partition coefficient (Wildman–Crippen LogP) is 2.19. The van der Waals surface area contributed by atoms with Gasteiger partial charge in [0.25, 0.3) is 0 Å². The third-order valence-electron chi connectivity index (χ3n) is 1.88. The molecule has 1 rings (SSSR count). The Kier molecular flexibility index (Phi) is 3.71. The number of dihydropyridines is 1. The minimum absolute atomic E-state index is 0.376. The molecule has 0 amide bonds. The van der Waals surface area contributed by atoms with Gasteiger partial charge < -0.3 is 10.1 Å². The lowest BCUT2D eigenvalue weighted by Gasteiger charge is -2.21. The van der Waals surface area contributed by atoms with Gasteiger partial charge in [0.1, 0.15) is 5.76 Å². The summed E-state index contributed by atoms with van der Waals surface area (Å²) >= 11 is 0. The molecular formula is C10H17NO. The van der Waals surface area contributed by atoms with Crippen LogP contribution in [0.15, 0.2) is 24.1 Å². The molecule has 1 atom stereocenters. The highest BCUT2D eigenvalue weighted by atomic mass is 16.5. The van der Waals surface area contributed by atoms with Crippen molar-refractivity contribution in [2.75, 3.05) is 6.61 Å². The highest BCUT2D eigenvalue weighted by Gasteiger charge is 2.12. The number of nitrogens with one attached hydrogen (secondary N) is 1. The van der Waals surface area contributed by atoms with E-state index in [0.717, 1.165) is 25.2 Å². The van der Waals surface area contributed by atoms with Gasteiger partial charge in [-0.2, -0.15) is 0 Å². The molecule has 2 heteroatoms. The van der Waals surface area contributed by atoms with E-state index in [-0.39, 0.29) is 0 Å². The fourth-order valence-corrected chi connectivity index (χ4v) is 1.20. The maximum atomic E-state index is 5.58. The summed E-state index contributed by atoms with van der Waals surface area (Å²) < 4.78 is 5.58. The van der Waals surface area contributed by atoms with Crippen LogP contribution in [-0.2, 0) is 4.74 Å². The van der Waals surface area contributed by atoms with Gasteiger partial charge in [-0.15, -0.1) is 0 Å². The molecule has 68 valence electrons. The molecule has 1 heterocycles. The maximum absolute atomic E-state index is 5.58. The van der Waals surface area contributed by atoms with Crippen LogP contribution >= 0.6 is 0 Å². The van der Waals surface area contributed by atoms with Gasteiger partial charge in [0.15, 0.2) is 0 Å². The quantitative estimate of drug-likeness (QED) is 0.693. The van der Waals surface area contributed by atoms with Crippen molar-refractivity contribution in [3.05, 3.63) is 24.1 Å². The summed E-state index contributed by atoms with van der Waals surface area (Å²) in [6, 6.07) is 0.376. The Bertz CT molecular complexity index is 184. The summed E-state index contributed by atoms with van der Waals surface area (Å²) in [5.74, 6) is 1.07. The Hall–Kier alpha value is -0.920. The lowest BCUT2D eigenvalue weighted by atomic mass is 10.1. The molecule has 1 aliphatic heterocycles. The SMILES string of the molecule is CCCOC1=CC=CNC1CC. The molecule has 0 aliphatic carbocycles. The predicted molar refractivity (Wildman–Crippen MR) is 50.7 cm³/mol. The van der Waals surface area contributed by atoms with Crippen LogP contribution in [-0.4, -0.2) is 12.6 Å². The number of allylic oxidation sites excluding steroid dienone is 2. The summed E-state index contributed by atoms with van der Waals surface area (Å²) in [6.07, 6.45) is 8.13. The second-order valence-electron chi connectivity index (χ2n) is 2.90. The van der Waals surface area contributed by atoms with Gasteiger partial charge in [-0.3, -0.25) is 0 Å². The average molecular weight is 167 g/mol. The van der Waals surface area contributed by atoms with Gasteiger partial charge in [-0.25, -0.2) is 0 Å². The van der Waals surface area contributed by atoms with Crippen molar-refractivity contribution in [3.63, 3.8) is 0 Å². The van der Waals surface area contributed by atoms with Gasteiger partial charge in [0.2, 0.25) is 0 Å². The van der Waals surface area contributed by atoms with Crippen molar-refractivity contribution in [2.24, 2.45) is 0 Å². The van der Waals surface area contributed by atoms with Gasteiger partial charge in [-0.1, -0.05) is 13.8 Å². The van der Waals surface area contributed by atoms with Gasteiger partial charge in [-0.05, 0) is 31.2 Å². The van der Waals surface area contributed by atoms with Crippen LogP contribution in [0.3, 0.4) is 0 Å². The summed E-state index contributed by atoms with van der Waals surface area (Å²) in [5, 5.41) is 3.25. The van der Waals surface area contributed by atoms with Crippen LogP contribution in [0.2, 0.25) is 0 Å². The van der Waals surface area contributed by atoms with Crippen molar-refractivity contribution < 1.29 is 4.74 Å². The number of hydrogen-bond acceptors (Lipinski definition) is 2. The first-order valence-corrected chi connectivity index (χ1v) is 4.64. The van der Waals surface area contributed by atoms with Gasteiger partial charge >= 0.3 is 0 Å². The third kappa shape index (κ3) is 2.29. The molecular weight excluding hydrogens is 150 g/mol. The fraction of sp³-hybridized carbons (Fsp3) is 0.600. The van der Waals surface area contributed by atoms with E-state index >= 15 is 0 Å². The molecule has 1 aliphatic rings. The minimum Gasteiger partial charge on any atom is -0.496 e. The first kappa shape index (κ1) is 9.17. The Morgan fingerprint density at radius 1 is 1.50 bits per heavy atom. The van der Waals surface area contributed by atoms with E-state index in [4.69, 9.17) is 4.74 Å². The molecule has 0 fully saturated rings. The minimum atomic E-state index is 0.376. The van der Waals surface area contributed by atoms with Crippen molar-refractivity contribution in [2.45, 2.75) is 32.7 Å². The molecule has 0 aromatic carbocycles. The molecule has 0 saturated carbocycles. The van der Waals surface area contributed by atoms with Gasteiger partial charge in [0, 0.05) is 0 Å². The van der Waals surface area contributed by atoms with Crippen LogP contribution in [0.4, 0.5) is 0 Å². The molecule has 0 aromatic rings. The molecule has 2 nitrogen and oxygen atoms in total. The van der Waals surface area contributed by atoms with E-state index in [2.05, 4.69) is 19.2 Å². The third-order valence-corrected chi connectivity index (χ3v) is 1.88. The van der Waals surface area contributed by atoms with Crippen LogP contribution in [0.1, 0.15) is 26.7 Å². The summed E-state index contributed by atoms with van der Waals surface area (Å²) in [4.78, 5) is 0. The normalized spacial score (nSPS) is 21.5. The van der Waals surface area contributed by atoms with E-state index in [1.165, 1.54) is 0 Å². The van der Waals surface area contributed by atoms with E-state index in [0.29, 0.717) is 6.04 Å². The highest BCUT2D eigenvalue weighted by molar-refractivity contribution is 5.17. The van der Waals surface area contributed by atoms with Crippen LogP contribution in [0.25, 0.3) is 0 Å². The largest absolute Gasteiger partial charge is 0.496 e. The molecule has 12 heavy (non-hydrogen) atoms. The van der Waals surface area contributed by atoms with E-state index in [9.17, 15) is 0 Å². The maximum Gasteiger partial charge on any atom is 0.118 e. The van der Waals surface area contributed by atoms with E-state index in [1.807, 2.05) is 18.4 Å². The fourth-order valence-electron chi connectivity index (χ4n) is 1.20. The monoisotopic (exact) mass is 167 g/mol. The van der Waals surface area contributed by atoms with Gasteiger partial charge in [0.05, 0.1) is 12.6 Å². The topological polar surface area (TPSA) is 21.3 Å². The Labute approximate surface area is 74.3 Å². The zero-order valence-electron chi connectivity index (χ0n) is 7.84. The molecule has 0 bridgehead atoms. The van der Waals surface area contributed by atoms with E-state index in [1.54, 1.807) is 0 Å². The Morgan fingerprint density at radius 3 is 3.00 bits per heavy atom. The summed E-state index contributed by atoms with van der Waals surface area (Å²) in [6.45, 7) is 5.09. The zero-order chi connectivity index (χ0) is 8.81. The molecule has 1 unspecified atom stereocenters. The lowest BCUT2D eigenvalue weighted by Crippen LogP contribution is -2.29. The Balaban J connectivity index is 2.45. The van der Waals surface area contributed by atoms with Crippen LogP contribution in [0.5, 0.6) is 0 Å². The van der Waals surface area contributed by atoms with E-state index < -0.39 is 0 Å². The van der Waals surface area contributed by atoms with Crippen molar-refractivity contribution >= 4 is 0 Å². The second-order valence-corrected chi connectivity index (χ2v) is 2.90. The molecule has 0 spiro atoms. The van der Waals surface area contributed by atoms with Crippen LogP contribution < -0.4 is 5.32 Å². The molecule has 0 aromatic heterocycles. The molecule has 0 radical (unpaired) electrons. The second kappa shape index (κ2) is 4.86. The first-order chi connectivity index (χ1) is 5.88. The standard InChI is InChI=1S/C10H17NO/c1-3-8-12-10-6-5-7-11-9(10)4-2/h5-7,9,11H,3-4,8H2,1-2H3. The number of ether oxygens (including phenoxy) is 1. The summed E-state index contributed by atoms with van der Waals surface area (Å²) in [7, 11) is 0. The number of hydrogen-bond donors (Lipinski definition) is 1. The number of rotatable bonds is 4. The molecule has 0 saturated heterocycles. The van der Waals surface area contributed by atoms with Crippen LogP contribution in [0, 0.1) is 0 Å². The Morgan fingerprint density at radius 2 is 2.33 bits per heavy atom. The smallest absolute Gasteiger partial charge is 0.118 e. The van der Waals surface area contributed by atoms with Crippen molar-refractivity contribution in [1.82, 2.24) is 5.32 Å². The summed E-state index contributed by atoms with van der Waals surface area (Å²) in [5.41, 5.74) is 0. The lowest BCUT2D eigenvalue weighted by molar-refractivity contribution is 0.186. The van der Waals surface area contributed by atoms with Crippen molar-refractivity contribution in [1.29, 1.82) is 0 Å². The van der Waals surface area contributed by atoms with Crippen molar-refractivity contribution in [3.8, 4) is 0 Å². The average Bonchev–Trinajstić information content (AvgIpc) is 2.15. The first-order valence-electron chi connectivity index (χ1n) is 4.64. The zero-order valence-corrected chi connectivity index (χ0v) is 7.84.